The Hall–Kier alpha value is -3.55. The monoisotopic (exact) mass is 379 g/mol. The molecule has 1 aromatic heterocycles. The summed E-state index contributed by atoms with van der Waals surface area (Å²) in [6.07, 6.45) is 1.48. The average molecular weight is 379 g/mol. The van der Waals surface area contributed by atoms with Crippen molar-refractivity contribution in [1.82, 2.24) is 4.98 Å². The molecule has 1 atom stereocenters. The van der Waals surface area contributed by atoms with Gasteiger partial charge in [-0.1, -0.05) is 6.07 Å². The number of para-hydroxylation sites is 1. The predicted molar refractivity (Wildman–Crippen MR) is 101 cm³/mol. The number of ether oxygens (including phenoxy) is 2. The van der Waals surface area contributed by atoms with Crippen LogP contribution in [0.3, 0.4) is 0 Å². The van der Waals surface area contributed by atoms with Crippen LogP contribution in [-0.4, -0.2) is 36.6 Å². The molecule has 8 nitrogen and oxygen atoms in total. The lowest BCUT2D eigenvalue weighted by Gasteiger charge is -2.22. The Labute approximate surface area is 160 Å². The van der Waals surface area contributed by atoms with Crippen LogP contribution in [0, 0.1) is 5.92 Å². The van der Waals surface area contributed by atoms with E-state index in [0.29, 0.717) is 53.7 Å². The van der Waals surface area contributed by atoms with Crippen LogP contribution in [-0.2, 0) is 9.59 Å². The third-order valence-corrected chi connectivity index (χ3v) is 4.95. The molecule has 1 N–H and O–H groups in total. The first kappa shape index (κ1) is 16.6. The molecule has 2 amide bonds. The molecule has 142 valence electrons. The fraction of sp³-hybridized carbons (Fsp3) is 0.250. The van der Waals surface area contributed by atoms with Gasteiger partial charge in [-0.05, 0) is 24.3 Å². The van der Waals surface area contributed by atoms with Crippen molar-refractivity contribution >= 4 is 34.3 Å². The van der Waals surface area contributed by atoms with Gasteiger partial charge in [0.05, 0.1) is 11.6 Å². The highest BCUT2D eigenvalue weighted by molar-refractivity contribution is 6.05. The summed E-state index contributed by atoms with van der Waals surface area (Å²) in [7, 11) is 0. The van der Waals surface area contributed by atoms with E-state index in [9.17, 15) is 9.59 Å². The van der Waals surface area contributed by atoms with Crippen LogP contribution in [0.2, 0.25) is 0 Å². The Morgan fingerprint density at radius 1 is 1.14 bits per heavy atom. The Morgan fingerprint density at radius 2 is 2.00 bits per heavy atom. The number of aromatic nitrogens is 1. The van der Waals surface area contributed by atoms with Crippen molar-refractivity contribution in [2.45, 2.75) is 6.42 Å². The molecule has 0 spiro atoms. The van der Waals surface area contributed by atoms with Gasteiger partial charge in [0.25, 0.3) is 0 Å². The lowest BCUT2D eigenvalue weighted by molar-refractivity contribution is -0.122. The fourth-order valence-corrected chi connectivity index (χ4v) is 3.55. The van der Waals surface area contributed by atoms with Gasteiger partial charge in [-0.15, -0.1) is 0 Å². The number of amides is 2. The van der Waals surface area contributed by atoms with Gasteiger partial charge in [0, 0.05) is 24.7 Å². The van der Waals surface area contributed by atoms with Crippen molar-refractivity contribution in [3.05, 3.63) is 42.8 Å². The largest absolute Gasteiger partial charge is 0.486 e. The maximum absolute atomic E-state index is 12.7. The third-order valence-electron chi connectivity index (χ3n) is 4.95. The summed E-state index contributed by atoms with van der Waals surface area (Å²) in [6, 6.07) is 10.7. The zero-order chi connectivity index (χ0) is 19.1. The first-order valence-corrected chi connectivity index (χ1v) is 9.02. The van der Waals surface area contributed by atoms with Gasteiger partial charge in [-0.3, -0.25) is 9.59 Å². The Bertz CT molecular complexity index is 1080. The van der Waals surface area contributed by atoms with Gasteiger partial charge in [0.15, 0.2) is 23.5 Å². The minimum atomic E-state index is -0.456. The molecular formula is C20H17N3O5. The van der Waals surface area contributed by atoms with Crippen molar-refractivity contribution in [1.29, 1.82) is 0 Å². The van der Waals surface area contributed by atoms with Crippen LogP contribution in [0.25, 0.3) is 11.1 Å². The number of oxazole rings is 1. The van der Waals surface area contributed by atoms with Crippen molar-refractivity contribution < 1.29 is 23.5 Å². The zero-order valence-electron chi connectivity index (χ0n) is 14.9. The number of hydrogen-bond donors (Lipinski definition) is 1. The molecule has 2 aliphatic rings. The molecule has 8 heteroatoms. The molecule has 0 radical (unpaired) electrons. The SMILES string of the molecule is O=C(Nc1cccc2ocnc12)C1CC(=O)N(c2ccc3c(c2)OCCO3)C1. The number of rotatable bonds is 3. The Morgan fingerprint density at radius 3 is 2.89 bits per heavy atom. The lowest BCUT2D eigenvalue weighted by atomic mass is 10.1. The van der Waals surface area contributed by atoms with Crippen LogP contribution >= 0.6 is 0 Å². The van der Waals surface area contributed by atoms with E-state index in [2.05, 4.69) is 10.3 Å². The fourth-order valence-electron chi connectivity index (χ4n) is 3.55. The summed E-state index contributed by atoms with van der Waals surface area (Å²) in [5.41, 5.74) is 2.45. The van der Waals surface area contributed by atoms with Crippen molar-refractivity contribution in [3.8, 4) is 11.5 Å². The van der Waals surface area contributed by atoms with Gasteiger partial charge in [-0.2, -0.15) is 0 Å². The molecule has 2 aliphatic heterocycles. The number of anilines is 2. The van der Waals surface area contributed by atoms with E-state index in [1.165, 1.54) is 6.39 Å². The smallest absolute Gasteiger partial charge is 0.229 e. The van der Waals surface area contributed by atoms with Crippen molar-refractivity contribution in [2.24, 2.45) is 5.92 Å². The number of benzene rings is 2. The Kier molecular flexibility index (Phi) is 3.89. The molecular weight excluding hydrogens is 362 g/mol. The van der Waals surface area contributed by atoms with Crippen molar-refractivity contribution in [2.75, 3.05) is 30.0 Å². The van der Waals surface area contributed by atoms with E-state index in [0.717, 1.165) is 0 Å². The molecule has 1 unspecified atom stereocenters. The average Bonchev–Trinajstić information content (AvgIpc) is 3.35. The van der Waals surface area contributed by atoms with Crippen LogP contribution in [0.4, 0.5) is 11.4 Å². The van der Waals surface area contributed by atoms with Gasteiger partial charge in [0.1, 0.15) is 18.7 Å². The number of carbonyl (C=O) groups is 2. The second-order valence-electron chi connectivity index (χ2n) is 6.73. The van der Waals surface area contributed by atoms with Gasteiger partial charge in [0.2, 0.25) is 11.8 Å². The van der Waals surface area contributed by atoms with E-state index in [1.807, 2.05) is 6.07 Å². The highest BCUT2D eigenvalue weighted by atomic mass is 16.6. The summed E-state index contributed by atoms with van der Waals surface area (Å²) < 4.78 is 16.4. The first-order valence-electron chi connectivity index (χ1n) is 9.02. The summed E-state index contributed by atoms with van der Waals surface area (Å²) in [4.78, 5) is 31.0. The second kappa shape index (κ2) is 6.56. The molecule has 0 aliphatic carbocycles. The van der Waals surface area contributed by atoms with Gasteiger partial charge in [-0.25, -0.2) is 4.98 Å². The van der Waals surface area contributed by atoms with E-state index >= 15 is 0 Å². The number of nitrogens with one attached hydrogen (secondary N) is 1. The minimum absolute atomic E-state index is 0.100. The summed E-state index contributed by atoms with van der Waals surface area (Å²) >= 11 is 0. The zero-order valence-corrected chi connectivity index (χ0v) is 14.9. The van der Waals surface area contributed by atoms with E-state index in [1.54, 1.807) is 35.2 Å². The molecule has 1 fully saturated rings. The van der Waals surface area contributed by atoms with E-state index < -0.39 is 5.92 Å². The van der Waals surface area contributed by atoms with E-state index in [4.69, 9.17) is 13.9 Å². The number of hydrogen-bond acceptors (Lipinski definition) is 6. The molecule has 1 saturated heterocycles. The quantitative estimate of drug-likeness (QED) is 0.752. The van der Waals surface area contributed by atoms with Gasteiger partial charge < -0.3 is 24.1 Å². The van der Waals surface area contributed by atoms with Gasteiger partial charge >= 0.3 is 0 Å². The van der Waals surface area contributed by atoms with Crippen LogP contribution in [0.15, 0.2) is 47.2 Å². The lowest BCUT2D eigenvalue weighted by Crippen LogP contribution is -2.28. The molecule has 0 saturated carbocycles. The number of fused-ring (bicyclic) bond motifs is 2. The molecule has 0 bridgehead atoms. The third kappa shape index (κ3) is 2.83. The topological polar surface area (TPSA) is 93.9 Å². The minimum Gasteiger partial charge on any atom is -0.486 e. The first-order chi connectivity index (χ1) is 13.7. The standard InChI is InChI=1S/C20H17N3O5/c24-18-8-12(20(25)22-14-2-1-3-16-19(14)21-11-28-16)10-23(18)13-4-5-15-17(9-13)27-7-6-26-15/h1-5,9,11-12H,6-8,10H2,(H,22,25). The van der Waals surface area contributed by atoms with Crippen LogP contribution in [0.5, 0.6) is 11.5 Å². The van der Waals surface area contributed by atoms with Crippen LogP contribution in [0.1, 0.15) is 6.42 Å². The molecule has 2 aromatic carbocycles. The molecule has 28 heavy (non-hydrogen) atoms. The second-order valence-corrected chi connectivity index (χ2v) is 6.73. The van der Waals surface area contributed by atoms with Crippen molar-refractivity contribution in [3.63, 3.8) is 0 Å². The summed E-state index contributed by atoms with van der Waals surface area (Å²) in [6.45, 7) is 1.29. The summed E-state index contributed by atoms with van der Waals surface area (Å²) in [5.74, 6) is 0.502. The maximum Gasteiger partial charge on any atom is 0.229 e. The summed E-state index contributed by atoms with van der Waals surface area (Å²) in [5, 5.41) is 2.87. The predicted octanol–water partition coefficient (Wildman–Crippen LogP) is 2.59. The van der Waals surface area contributed by atoms with Crippen LogP contribution < -0.4 is 19.7 Å². The normalized spacial score (nSPS) is 18.5. The highest BCUT2D eigenvalue weighted by Gasteiger charge is 2.36. The molecule has 3 aromatic rings. The number of nitrogens with zero attached hydrogens (tertiary/aromatic N) is 2. The van der Waals surface area contributed by atoms with E-state index in [-0.39, 0.29) is 18.2 Å². The molecule has 5 rings (SSSR count). The Balaban J connectivity index is 1.33. The molecule has 3 heterocycles. The number of carbonyl (C=O) groups excluding carboxylic acids is 2. The maximum atomic E-state index is 12.7. The highest BCUT2D eigenvalue weighted by Crippen LogP contribution is 2.36.